The van der Waals surface area contributed by atoms with Gasteiger partial charge in [-0.25, -0.2) is 0 Å². The van der Waals surface area contributed by atoms with Crippen LogP contribution in [0.4, 0.5) is 0 Å². The second-order valence-corrected chi connectivity index (χ2v) is 6.76. The van der Waals surface area contributed by atoms with Gasteiger partial charge in [-0.1, -0.05) is 57.4 Å². The van der Waals surface area contributed by atoms with Crippen LogP contribution in [0.15, 0.2) is 28.7 Å². The topological polar surface area (TPSA) is 13.1 Å². The molecule has 1 heteroatoms. The molecule has 0 fully saturated rings. The van der Waals surface area contributed by atoms with E-state index in [1.807, 2.05) is 0 Å². The van der Waals surface area contributed by atoms with E-state index in [0.29, 0.717) is 0 Å². The lowest BCUT2D eigenvalue weighted by atomic mass is 9.98. The van der Waals surface area contributed by atoms with Gasteiger partial charge in [0.25, 0.3) is 0 Å². The molecule has 0 aliphatic rings. The van der Waals surface area contributed by atoms with E-state index in [-0.39, 0.29) is 0 Å². The van der Waals surface area contributed by atoms with E-state index in [2.05, 4.69) is 52.0 Å². The Labute approximate surface area is 139 Å². The Balaban J connectivity index is 2.11. The van der Waals surface area contributed by atoms with Crippen molar-refractivity contribution in [1.29, 1.82) is 0 Å². The first-order chi connectivity index (χ1) is 11.2. The molecule has 0 amide bonds. The third kappa shape index (κ3) is 2.89. The maximum Gasteiger partial charge on any atom is 0.138 e. The van der Waals surface area contributed by atoms with Crippen LogP contribution in [0.25, 0.3) is 21.9 Å². The summed E-state index contributed by atoms with van der Waals surface area (Å²) in [5, 5.41) is 2.53. The predicted molar refractivity (Wildman–Crippen MR) is 100 cm³/mol. The van der Waals surface area contributed by atoms with Crippen molar-refractivity contribution >= 4 is 21.9 Å². The SMILES string of the molecule is CCCCCc1ccc2c(oc3c(C)c(CCC)ccc32)c1C. The monoisotopic (exact) mass is 308 g/mol. The summed E-state index contributed by atoms with van der Waals surface area (Å²) >= 11 is 0. The Kier molecular flexibility index (Phi) is 4.75. The fourth-order valence-corrected chi connectivity index (χ4v) is 3.63. The van der Waals surface area contributed by atoms with Crippen molar-refractivity contribution in [1.82, 2.24) is 0 Å². The molecule has 0 bridgehead atoms. The lowest BCUT2D eigenvalue weighted by Crippen LogP contribution is -1.90. The number of hydrogen-bond acceptors (Lipinski definition) is 1. The molecule has 1 aromatic heterocycles. The van der Waals surface area contributed by atoms with Crippen molar-refractivity contribution in [2.75, 3.05) is 0 Å². The lowest BCUT2D eigenvalue weighted by molar-refractivity contribution is 0.658. The molecule has 0 N–H and O–H groups in total. The van der Waals surface area contributed by atoms with Gasteiger partial charge in [0.05, 0.1) is 0 Å². The minimum Gasteiger partial charge on any atom is -0.455 e. The van der Waals surface area contributed by atoms with Gasteiger partial charge in [-0.3, -0.25) is 0 Å². The normalized spacial score (nSPS) is 11.7. The largest absolute Gasteiger partial charge is 0.455 e. The molecule has 3 rings (SSSR count). The van der Waals surface area contributed by atoms with Crippen LogP contribution in [0.5, 0.6) is 0 Å². The lowest BCUT2D eigenvalue weighted by Gasteiger charge is -2.05. The number of furan rings is 1. The van der Waals surface area contributed by atoms with E-state index >= 15 is 0 Å². The van der Waals surface area contributed by atoms with E-state index in [9.17, 15) is 0 Å². The van der Waals surface area contributed by atoms with Crippen molar-refractivity contribution in [3.63, 3.8) is 0 Å². The van der Waals surface area contributed by atoms with Crippen LogP contribution in [0.1, 0.15) is 61.8 Å². The van der Waals surface area contributed by atoms with Crippen LogP contribution in [0, 0.1) is 13.8 Å². The van der Waals surface area contributed by atoms with Gasteiger partial charge in [0.2, 0.25) is 0 Å². The Morgan fingerprint density at radius 3 is 1.78 bits per heavy atom. The molecule has 1 heterocycles. The van der Waals surface area contributed by atoms with Crippen LogP contribution < -0.4 is 0 Å². The molecule has 0 atom stereocenters. The van der Waals surface area contributed by atoms with Gasteiger partial charge in [0, 0.05) is 10.8 Å². The predicted octanol–water partition coefficient (Wildman–Crippen LogP) is 6.89. The Morgan fingerprint density at radius 2 is 1.26 bits per heavy atom. The van der Waals surface area contributed by atoms with Crippen molar-refractivity contribution in [2.45, 2.75) is 66.2 Å². The van der Waals surface area contributed by atoms with Gasteiger partial charge in [-0.15, -0.1) is 0 Å². The highest BCUT2D eigenvalue weighted by molar-refractivity contribution is 6.07. The van der Waals surface area contributed by atoms with Crippen molar-refractivity contribution in [3.05, 3.63) is 46.5 Å². The van der Waals surface area contributed by atoms with E-state index < -0.39 is 0 Å². The summed E-state index contributed by atoms with van der Waals surface area (Å²) in [5.41, 5.74) is 7.67. The van der Waals surface area contributed by atoms with Gasteiger partial charge < -0.3 is 4.42 Å². The summed E-state index contributed by atoms with van der Waals surface area (Å²) in [7, 11) is 0. The first-order valence-corrected chi connectivity index (χ1v) is 9.10. The first-order valence-electron chi connectivity index (χ1n) is 9.10. The van der Waals surface area contributed by atoms with Crippen LogP contribution in [-0.2, 0) is 12.8 Å². The maximum atomic E-state index is 6.35. The zero-order valence-electron chi connectivity index (χ0n) is 15.0. The van der Waals surface area contributed by atoms with E-state index in [1.54, 1.807) is 0 Å². The summed E-state index contributed by atoms with van der Waals surface area (Å²) in [6, 6.07) is 9.09. The molecule has 0 saturated heterocycles. The molecule has 2 aromatic carbocycles. The van der Waals surface area contributed by atoms with Gasteiger partial charge >= 0.3 is 0 Å². The number of hydrogen-bond donors (Lipinski definition) is 0. The standard InChI is InChI=1S/C22H28O/c1-5-7-8-10-18-12-14-20-19-13-11-17(9-6-2)15(3)21(19)23-22(20)16(18)4/h11-14H,5-10H2,1-4H3. The van der Waals surface area contributed by atoms with Crippen LogP contribution in [0.3, 0.4) is 0 Å². The molecule has 122 valence electrons. The van der Waals surface area contributed by atoms with Gasteiger partial charge in [-0.2, -0.15) is 0 Å². The number of aryl methyl sites for hydroxylation is 4. The molecule has 0 aliphatic heterocycles. The van der Waals surface area contributed by atoms with E-state index in [1.165, 1.54) is 58.7 Å². The number of benzene rings is 2. The molecule has 3 aromatic rings. The second-order valence-electron chi connectivity index (χ2n) is 6.76. The summed E-state index contributed by atoms with van der Waals surface area (Å²) < 4.78 is 6.35. The van der Waals surface area contributed by atoms with Crippen LogP contribution >= 0.6 is 0 Å². The first kappa shape index (κ1) is 16.1. The molecule has 23 heavy (non-hydrogen) atoms. The molecule has 1 nitrogen and oxygen atoms in total. The Bertz CT molecular complexity index is 823. The fourth-order valence-electron chi connectivity index (χ4n) is 3.63. The summed E-state index contributed by atoms with van der Waals surface area (Å²) in [4.78, 5) is 0. The third-order valence-corrected chi connectivity index (χ3v) is 5.10. The van der Waals surface area contributed by atoms with Gasteiger partial charge in [-0.05, 0) is 55.4 Å². The summed E-state index contributed by atoms with van der Waals surface area (Å²) in [6.45, 7) is 8.91. The molecular weight excluding hydrogens is 280 g/mol. The second kappa shape index (κ2) is 6.78. The quantitative estimate of drug-likeness (QED) is 0.452. The Morgan fingerprint density at radius 1 is 0.696 bits per heavy atom. The van der Waals surface area contributed by atoms with Crippen molar-refractivity contribution < 1.29 is 4.42 Å². The number of rotatable bonds is 6. The molecule has 0 spiro atoms. The molecule has 0 saturated carbocycles. The summed E-state index contributed by atoms with van der Waals surface area (Å²) in [5.74, 6) is 0. The number of unbranched alkanes of at least 4 members (excludes halogenated alkanes) is 2. The van der Waals surface area contributed by atoms with E-state index in [4.69, 9.17) is 4.42 Å². The van der Waals surface area contributed by atoms with Crippen molar-refractivity contribution in [2.24, 2.45) is 0 Å². The third-order valence-electron chi connectivity index (χ3n) is 5.10. The molecule has 0 aliphatic carbocycles. The molecule has 0 unspecified atom stereocenters. The number of fused-ring (bicyclic) bond motifs is 3. The van der Waals surface area contributed by atoms with Crippen LogP contribution in [-0.4, -0.2) is 0 Å². The zero-order valence-corrected chi connectivity index (χ0v) is 15.0. The highest BCUT2D eigenvalue weighted by Crippen LogP contribution is 2.35. The maximum absolute atomic E-state index is 6.35. The Hall–Kier alpha value is -1.76. The highest BCUT2D eigenvalue weighted by Gasteiger charge is 2.14. The van der Waals surface area contributed by atoms with Crippen LogP contribution in [0.2, 0.25) is 0 Å². The van der Waals surface area contributed by atoms with Crippen molar-refractivity contribution in [3.8, 4) is 0 Å². The minimum absolute atomic E-state index is 1.08. The molecular formula is C22H28O. The summed E-state index contributed by atoms with van der Waals surface area (Å²) in [6.07, 6.45) is 7.30. The zero-order chi connectivity index (χ0) is 16.4. The van der Waals surface area contributed by atoms with E-state index in [0.717, 1.165) is 24.0 Å². The average Bonchev–Trinajstić information content (AvgIpc) is 2.93. The minimum atomic E-state index is 1.08. The highest BCUT2D eigenvalue weighted by atomic mass is 16.3. The van der Waals surface area contributed by atoms with Gasteiger partial charge in [0.15, 0.2) is 0 Å². The molecule has 0 radical (unpaired) electrons. The average molecular weight is 308 g/mol. The smallest absolute Gasteiger partial charge is 0.138 e. The fraction of sp³-hybridized carbons (Fsp3) is 0.455. The van der Waals surface area contributed by atoms with Gasteiger partial charge in [0.1, 0.15) is 11.2 Å².